The Morgan fingerprint density at radius 1 is 0.429 bits per heavy atom. The summed E-state index contributed by atoms with van der Waals surface area (Å²) in [5.41, 5.74) is 4.79. The van der Waals surface area contributed by atoms with Gasteiger partial charge < -0.3 is 18.6 Å². The van der Waals surface area contributed by atoms with Crippen molar-refractivity contribution in [3.63, 3.8) is 0 Å². The second-order valence-electron chi connectivity index (χ2n) is 10.8. The normalized spacial score (nSPS) is 11.0. The lowest BCUT2D eigenvalue weighted by molar-refractivity contribution is 0.304. The quantitative estimate of drug-likeness (QED) is 0.100. The average molecular weight is 563 g/mol. The van der Waals surface area contributed by atoms with Crippen LogP contribution in [0.15, 0.2) is 110 Å². The van der Waals surface area contributed by atoms with E-state index < -0.39 is 0 Å². The van der Waals surface area contributed by atoms with Crippen LogP contribution in [0.5, 0.6) is 11.5 Å². The molecular weight excluding hydrogens is 520 g/mol. The van der Waals surface area contributed by atoms with Crippen molar-refractivity contribution >= 4 is 0 Å². The Morgan fingerprint density at radius 3 is 1.14 bits per heavy atom. The van der Waals surface area contributed by atoms with Crippen LogP contribution in [-0.2, 0) is 13.1 Å². The second-order valence-corrected chi connectivity index (χ2v) is 10.8. The summed E-state index contributed by atoms with van der Waals surface area (Å²) in [7, 11) is 0. The van der Waals surface area contributed by atoms with E-state index in [1.807, 2.05) is 37.4 Å². The number of hydrogen-bond acceptors (Lipinski definition) is 4. The minimum Gasteiger partial charge on any atom is -0.494 e. The van der Waals surface area contributed by atoms with Gasteiger partial charge in [-0.2, -0.15) is 0 Å². The molecule has 0 aliphatic carbocycles. The highest BCUT2D eigenvalue weighted by molar-refractivity contribution is 5.71. The van der Waals surface area contributed by atoms with Crippen LogP contribution < -0.4 is 9.47 Å². The van der Waals surface area contributed by atoms with E-state index in [1.54, 1.807) is 0 Å². The smallest absolute Gasteiger partial charge is 0.119 e. The molecule has 0 spiro atoms. The third-order valence-corrected chi connectivity index (χ3v) is 7.54. The number of unbranched alkanes of at least 4 members (excludes halogenated alkanes) is 6. The van der Waals surface area contributed by atoms with Gasteiger partial charge in [-0.05, 0) is 72.2 Å². The predicted molar refractivity (Wildman–Crippen MR) is 170 cm³/mol. The number of rotatable bonds is 18. The van der Waals surface area contributed by atoms with Crippen molar-refractivity contribution in [2.45, 2.75) is 64.5 Å². The van der Waals surface area contributed by atoms with Crippen molar-refractivity contribution in [1.82, 2.24) is 19.1 Å². The molecule has 6 heteroatoms. The van der Waals surface area contributed by atoms with Crippen molar-refractivity contribution in [1.29, 1.82) is 0 Å². The van der Waals surface area contributed by atoms with Crippen molar-refractivity contribution in [2.24, 2.45) is 0 Å². The summed E-state index contributed by atoms with van der Waals surface area (Å²) in [5, 5.41) is 0. The first kappa shape index (κ1) is 29.2. The van der Waals surface area contributed by atoms with E-state index in [0.29, 0.717) is 0 Å². The van der Waals surface area contributed by atoms with Gasteiger partial charge in [-0.25, -0.2) is 9.97 Å². The van der Waals surface area contributed by atoms with Gasteiger partial charge in [0.05, 0.1) is 25.9 Å². The van der Waals surface area contributed by atoms with Crippen LogP contribution in [0.25, 0.3) is 22.3 Å². The summed E-state index contributed by atoms with van der Waals surface area (Å²) < 4.78 is 16.2. The molecule has 0 amide bonds. The van der Waals surface area contributed by atoms with Gasteiger partial charge in [-0.1, -0.05) is 74.2 Å². The number of nitrogens with zero attached hydrogens (tertiary/aromatic N) is 4. The topological polar surface area (TPSA) is 54.1 Å². The zero-order valence-electron chi connectivity index (χ0n) is 24.5. The van der Waals surface area contributed by atoms with Crippen molar-refractivity contribution < 1.29 is 9.47 Å². The Bertz CT molecular complexity index is 1280. The first-order valence-corrected chi connectivity index (χ1v) is 15.3. The van der Waals surface area contributed by atoms with Crippen molar-refractivity contribution in [2.75, 3.05) is 13.2 Å². The number of imidazole rings is 2. The number of benzene rings is 3. The molecule has 5 rings (SSSR count). The van der Waals surface area contributed by atoms with Gasteiger partial charge in [0.2, 0.25) is 0 Å². The molecule has 0 fully saturated rings. The van der Waals surface area contributed by atoms with Crippen molar-refractivity contribution in [3.05, 3.63) is 110 Å². The lowest BCUT2D eigenvalue weighted by Crippen LogP contribution is -1.98. The first-order chi connectivity index (χ1) is 20.8. The molecule has 0 atom stereocenters. The van der Waals surface area contributed by atoms with Crippen LogP contribution in [0.3, 0.4) is 0 Å². The molecule has 0 bridgehead atoms. The summed E-state index contributed by atoms with van der Waals surface area (Å²) in [4.78, 5) is 8.17. The highest BCUT2D eigenvalue weighted by Crippen LogP contribution is 2.27. The summed E-state index contributed by atoms with van der Waals surface area (Å²) in [6, 6.07) is 25.6. The molecule has 0 aliphatic rings. The molecule has 0 saturated heterocycles. The van der Waals surface area contributed by atoms with Gasteiger partial charge in [0.1, 0.15) is 11.5 Å². The zero-order valence-corrected chi connectivity index (χ0v) is 24.5. The Morgan fingerprint density at radius 2 is 0.786 bits per heavy atom. The van der Waals surface area contributed by atoms with Gasteiger partial charge in [0.25, 0.3) is 0 Å². The van der Waals surface area contributed by atoms with Crippen LogP contribution in [0, 0.1) is 0 Å². The molecule has 218 valence electrons. The predicted octanol–water partition coefficient (Wildman–Crippen LogP) is 8.69. The Kier molecular flexibility index (Phi) is 11.3. The fourth-order valence-electron chi connectivity index (χ4n) is 5.06. The molecule has 2 aromatic heterocycles. The molecule has 0 radical (unpaired) electrons. The monoisotopic (exact) mass is 562 g/mol. The highest BCUT2D eigenvalue weighted by Gasteiger charge is 2.03. The van der Waals surface area contributed by atoms with Crippen LogP contribution in [0.1, 0.15) is 51.4 Å². The van der Waals surface area contributed by atoms with E-state index in [2.05, 4.69) is 91.9 Å². The van der Waals surface area contributed by atoms with E-state index in [1.165, 1.54) is 60.8 Å². The molecule has 0 saturated carbocycles. The summed E-state index contributed by atoms with van der Waals surface area (Å²) in [6.45, 7) is 3.60. The first-order valence-electron chi connectivity index (χ1n) is 15.3. The Hall–Kier alpha value is -4.32. The zero-order chi connectivity index (χ0) is 28.7. The highest BCUT2D eigenvalue weighted by atomic mass is 16.5. The van der Waals surface area contributed by atoms with E-state index in [9.17, 15) is 0 Å². The molecule has 3 aromatic carbocycles. The standard InChI is InChI=1S/C36H42N4O2/c1(5-23-39-25-21-37-29-39)3-7-27-41-35-17-13-33(14-18-35)31-9-11-32(12-10-31)34-15-19-36(20-16-34)42-28-8-4-2-6-24-40-26-22-38-30-40/h9-22,25-26,29-30H,1-8,23-24,27-28H2. The van der Waals surface area contributed by atoms with Crippen LogP contribution in [0.2, 0.25) is 0 Å². The van der Waals surface area contributed by atoms with E-state index in [-0.39, 0.29) is 0 Å². The molecule has 0 N–H and O–H groups in total. The summed E-state index contributed by atoms with van der Waals surface area (Å²) >= 11 is 0. The van der Waals surface area contributed by atoms with Gasteiger partial charge in [0, 0.05) is 37.9 Å². The third kappa shape index (κ3) is 9.37. The molecule has 0 aliphatic heterocycles. The third-order valence-electron chi connectivity index (χ3n) is 7.54. The number of aromatic nitrogens is 4. The van der Waals surface area contributed by atoms with E-state index in [4.69, 9.17) is 9.47 Å². The largest absolute Gasteiger partial charge is 0.494 e. The summed E-state index contributed by atoms with van der Waals surface area (Å²) in [6.07, 6.45) is 20.8. The van der Waals surface area contributed by atoms with Crippen molar-refractivity contribution in [3.8, 4) is 33.8 Å². The minimum atomic E-state index is 0.760. The van der Waals surface area contributed by atoms with Gasteiger partial charge in [-0.3, -0.25) is 0 Å². The number of hydrogen-bond donors (Lipinski definition) is 0. The Labute approximate surface area is 250 Å². The number of ether oxygens (including phenoxy) is 2. The molecule has 0 unspecified atom stereocenters. The molecule has 2 heterocycles. The lowest BCUT2D eigenvalue weighted by atomic mass is 10.0. The fourth-order valence-corrected chi connectivity index (χ4v) is 5.06. The maximum atomic E-state index is 5.97. The summed E-state index contributed by atoms with van der Waals surface area (Å²) in [5.74, 6) is 1.86. The van der Waals surface area contributed by atoms with E-state index in [0.717, 1.165) is 50.6 Å². The van der Waals surface area contributed by atoms with Crippen LogP contribution in [0.4, 0.5) is 0 Å². The SMILES string of the molecule is c1cn(CCCCCCOc2ccc(-c3ccc(-c4ccc(OCCCCCCn5ccnc5)cc4)cc3)cc2)cn1. The Balaban J connectivity index is 0.977. The molecule has 6 nitrogen and oxygen atoms in total. The molecule has 42 heavy (non-hydrogen) atoms. The molecular formula is C36H42N4O2. The van der Waals surface area contributed by atoms with Gasteiger partial charge in [-0.15, -0.1) is 0 Å². The second kappa shape index (κ2) is 16.2. The average Bonchev–Trinajstić information content (AvgIpc) is 3.76. The van der Waals surface area contributed by atoms with Gasteiger partial charge >= 0.3 is 0 Å². The number of aryl methyl sites for hydroxylation is 2. The maximum Gasteiger partial charge on any atom is 0.119 e. The minimum absolute atomic E-state index is 0.760. The fraction of sp³-hybridized carbons (Fsp3) is 0.333. The van der Waals surface area contributed by atoms with Crippen LogP contribution in [-0.4, -0.2) is 32.3 Å². The molecule has 5 aromatic rings. The van der Waals surface area contributed by atoms with E-state index >= 15 is 0 Å². The maximum absolute atomic E-state index is 5.97. The van der Waals surface area contributed by atoms with Crippen LogP contribution >= 0.6 is 0 Å². The van der Waals surface area contributed by atoms with Gasteiger partial charge in [0.15, 0.2) is 0 Å². The lowest BCUT2D eigenvalue weighted by Gasteiger charge is -2.09.